The average molecular weight is 313 g/mol. The first kappa shape index (κ1) is 12.9. The van der Waals surface area contributed by atoms with Crippen LogP contribution >= 0.6 is 11.6 Å². The average Bonchev–Trinajstić information content (AvgIpc) is 2.61. The van der Waals surface area contributed by atoms with Gasteiger partial charge in [-0.2, -0.15) is 0 Å². The molecule has 5 aromatic carbocycles. The van der Waals surface area contributed by atoms with E-state index < -0.39 is 0 Å². The Hall–Kier alpha value is -2.57. The summed E-state index contributed by atoms with van der Waals surface area (Å²) in [6.07, 6.45) is 0. The molecule has 23 heavy (non-hydrogen) atoms. The predicted octanol–water partition coefficient (Wildman–Crippen LogP) is 6.95. The van der Waals surface area contributed by atoms with Crippen molar-refractivity contribution >= 4 is 54.7 Å². The summed E-state index contributed by atoms with van der Waals surface area (Å²) in [5.74, 6) is 0. The van der Waals surface area contributed by atoms with Crippen LogP contribution in [0.2, 0.25) is 5.02 Å². The Kier molecular flexibility index (Phi) is 2.65. The van der Waals surface area contributed by atoms with E-state index in [1.807, 2.05) is 6.07 Å². The van der Waals surface area contributed by atoms with Crippen molar-refractivity contribution in [2.24, 2.45) is 0 Å². The Morgan fingerprint density at radius 1 is 0.478 bits per heavy atom. The fraction of sp³-hybridized carbons (Fsp3) is 0. The van der Waals surface area contributed by atoms with Gasteiger partial charge in [0.2, 0.25) is 0 Å². The smallest absolute Gasteiger partial charge is 0.0412 e. The highest BCUT2D eigenvalue weighted by molar-refractivity contribution is 6.35. The molecule has 0 fully saturated rings. The normalized spacial score (nSPS) is 11.7. The maximum absolute atomic E-state index is 6.29. The van der Waals surface area contributed by atoms with E-state index >= 15 is 0 Å². The summed E-state index contributed by atoms with van der Waals surface area (Å²) in [6.45, 7) is 0. The second kappa shape index (κ2) is 4.71. The molecule has 0 unspecified atom stereocenters. The van der Waals surface area contributed by atoms with Crippen LogP contribution in [-0.2, 0) is 0 Å². The van der Waals surface area contributed by atoms with Crippen molar-refractivity contribution in [3.8, 4) is 0 Å². The van der Waals surface area contributed by atoms with E-state index in [9.17, 15) is 0 Å². The minimum Gasteiger partial charge on any atom is -0.0843 e. The molecule has 5 aromatic rings. The van der Waals surface area contributed by atoms with Gasteiger partial charge in [-0.3, -0.25) is 0 Å². The van der Waals surface area contributed by atoms with Gasteiger partial charge in [-0.1, -0.05) is 78.3 Å². The van der Waals surface area contributed by atoms with Crippen molar-refractivity contribution in [1.82, 2.24) is 0 Å². The number of halogens is 1. The molecule has 0 bridgehead atoms. The number of hydrogen-bond donors (Lipinski definition) is 0. The predicted molar refractivity (Wildman–Crippen MR) is 101 cm³/mol. The summed E-state index contributed by atoms with van der Waals surface area (Å²) in [5, 5.41) is 11.0. The van der Waals surface area contributed by atoms with E-state index in [-0.39, 0.29) is 0 Å². The molecule has 0 heterocycles. The van der Waals surface area contributed by atoms with E-state index in [0.717, 1.165) is 5.02 Å². The van der Waals surface area contributed by atoms with Crippen molar-refractivity contribution in [2.45, 2.75) is 0 Å². The van der Waals surface area contributed by atoms with Gasteiger partial charge in [-0.25, -0.2) is 0 Å². The third kappa shape index (κ3) is 1.79. The van der Waals surface area contributed by atoms with Gasteiger partial charge in [-0.15, -0.1) is 0 Å². The van der Waals surface area contributed by atoms with Crippen molar-refractivity contribution in [2.75, 3.05) is 0 Å². The van der Waals surface area contributed by atoms with Crippen LogP contribution in [0.1, 0.15) is 0 Å². The summed E-state index contributed by atoms with van der Waals surface area (Å²) in [5.41, 5.74) is 0. The molecule has 0 N–H and O–H groups in total. The molecule has 0 aromatic heterocycles. The highest BCUT2D eigenvalue weighted by Crippen LogP contribution is 2.39. The zero-order valence-electron chi connectivity index (χ0n) is 12.4. The number of fused-ring (bicyclic) bond motifs is 8. The monoisotopic (exact) mass is 312 g/mol. The van der Waals surface area contributed by atoms with Crippen LogP contribution in [0.5, 0.6) is 0 Å². The number of benzene rings is 5. The first-order valence-electron chi connectivity index (χ1n) is 7.74. The Morgan fingerprint density at radius 2 is 1.09 bits per heavy atom. The SMILES string of the molecule is Clc1ccc2c(c1)c1ccccc1c1ccc3ccccc3c12. The van der Waals surface area contributed by atoms with Gasteiger partial charge in [0.1, 0.15) is 0 Å². The quantitative estimate of drug-likeness (QED) is 0.271. The van der Waals surface area contributed by atoms with Crippen LogP contribution < -0.4 is 0 Å². The van der Waals surface area contributed by atoms with E-state index in [4.69, 9.17) is 11.6 Å². The fourth-order valence-electron chi connectivity index (χ4n) is 3.70. The van der Waals surface area contributed by atoms with Crippen LogP contribution in [0.3, 0.4) is 0 Å². The highest BCUT2D eigenvalue weighted by Gasteiger charge is 2.11. The maximum Gasteiger partial charge on any atom is 0.0412 e. The van der Waals surface area contributed by atoms with E-state index in [1.54, 1.807) is 0 Å². The molecule has 0 aliphatic heterocycles. The van der Waals surface area contributed by atoms with Gasteiger partial charge >= 0.3 is 0 Å². The molecule has 0 radical (unpaired) electrons. The maximum atomic E-state index is 6.29. The molecule has 0 amide bonds. The highest BCUT2D eigenvalue weighted by atomic mass is 35.5. The molecule has 0 saturated carbocycles. The number of hydrogen-bond acceptors (Lipinski definition) is 0. The molecule has 0 aliphatic carbocycles. The van der Waals surface area contributed by atoms with Crippen LogP contribution in [0.25, 0.3) is 43.1 Å². The Bertz CT molecular complexity index is 1220. The zero-order valence-corrected chi connectivity index (χ0v) is 13.1. The molecule has 1 heteroatoms. The second-order valence-corrected chi connectivity index (χ2v) is 6.38. The second-order valence-electron chi connectivity index (χ2n) is 5.94. The topological polar surface area (TPSA) is 0 Å². The number of rotatable bonds is 0. The van der Waals surface area contributed by atoms with Crippen LogP contribution in [0.4, 0.5) is 0 Å². The van der Waals surface area contributed by atoms with Gasteiger partial charge in [0.05, 0.1) is 0 Å². The lowest BCUT2D eigenvalue weighted by molar-refractivity contribution is 1.77. The standard InChI is InChI=1S/C22H13Cl/c23-15-10-12-20-21(13-15)18-8-4-3-7-17(18)19-11-9-14-5-1-2-6-16(14)22(19)20/h1-13H. The molecule has 0 aliphatic rings. The first-order chi connectivity index (χ1) is 11.3. The molecule has 108 valence electrons. The van der Waals surface area contributed by atoms with Gasteiger partial charge in [-0.05, 0) is 55.2 Å². The molecule has 0 saturated heterocycles. The fourth-order valence-corrected chi connectivity index (χ4v) is 3.87. The molecule has 0 spiro atoms. The van der Waals surface area contributed by atoms with Gasteiger partial charge in [0.15, 0.2) is 0 Å². The molecular formula is C22H13Cl. The van der Waals surface area contributed by atoms with E-state index in [1.165, 1.54) is 43.1 Å². The van der Waals surface area contributed by atoms with Gasteiger partial charge in [0.25, 0.3) is 0 Å². The molecular weight excluding hydrogens is 300 g/mol. The summed E-state index contributed by atoms with van der Waals surface area (Å²) >= 11 is 6.29. The summed E-state index contributed by atoms with van der Waals surface area (Å²) in [7, 11) is 0. The summed E-state index contributed by atoms with van der Waals surface area (Å²) in [6, 6.07) is 27.8. The van der Waals surface area contributed by atoms with Gasteiger partial charge in [0, 0.05) is 5.02 Å². The summed E-state index contributed by atoms with van der Waals surface area (Å²) in [4.78, 5) is 0. The van der Waals surface area contributed by atoms with Crippen molar-refractivity contribution in [3.05, 3.63) is 83.9 Å². The molecule has 5 rings (SSSR count). The zero-order chi connectivity index (χ0) is 15.4. The van der Waals surface area contributed by atoms with Gasteiger partial charge < -0.3 is 0 Å². The lowest BCUT2D eigenvalue weighted by Gasteiger charge is -2.13. The molecule has 0 atom stereocenters. The third-order valence-corrected chi connectivity index (χ3v) is 4.92. The Morgan fingerprint density at radius 3 is 1.91 bits per heavy atom. The minimum atomic E-state index is 0.780. The summed E-state index contributed by atoms with van der Waals surface area (Å²) < 4.78 is 0. The largest absolute Gasteiger partial charge is 0.0843 e. The van der Waals surface area contributed by atoms with Crippen LogP contribution in [0, 0.1) is 0 Å². The van der Waals surface area contributed by atoms with Crippen molar-refractivity contribution in [1.29, 1.82) is 0 Å². The van der Waals surface area contributed by atoms with Crippen molar-refractivity contribution < 1.29 is 0 Å². The van der Waals surface area contributed by atoms with Crippen LogP contribution in [-0.4, -0.2) is 0 Å². The van der Waals surface area contributed by atoms with E-state index in [2.05, 4.69) is 72.8 Å². The van der Waals surface area contributed by atoms with Crippen LogP contribution in [0.15, 0.2) is 78.9 Å². The first-order valence-corrected chi connectivity index (χ1v) is 8.12. The lowest BCUT2D eigenvalue weighted by atomic mass is 9.91. The third-order valence-electron chi connectivity index (χ3n) is 4.69. The Labute approximate surface area is 138 Å². The lowest BCUT2D eigenvalue weighted by Crippen LogP contribution is -1.85. The Balaban J connectivity index is 2.22. The van der Waals surface area contributed by atoms with E-state index in [0.29, 0.717) is 0 Å². The molecule has 0 nitrogen and oxygen atoms in total. The minimum absolute atomic E-state index is 0.780. The van der Waals surface area contributed by atoms with Crippen molar-refractivity contribution in [3.63, 3.8) is 0 Å².